The van der Waals surface area contributed by atoms with Crippen molar-refractivity contribution >= 4 is 23.5 Å². The molecule has 0 aliphatic carbocycles. The first-order valence-corrected chi connectivity index (χ1v) is 7.59. The highest BCUT2D eigenvalue weighted by atomic mass is 32.1. The third kappa shape index (κ3) is 2.60. The number of carbonyl (C=O) groups is 2. The summed E-state index contributed by atoms with van der Waals surface area (Å²) in [6, 6.07) is 0.181. The highest BCUT2D eigenvalue weighted by Gasteiger charge is 2.32. The Hall–Kier alpha value is -1.70. The van der Waals surface area contributed by atoms with Crippen molar-refractivity contribution in [2.24, 2.45) is 0 Å². The van der Waals surface area contributed by atoms with E-state index in [2.05, 4.69) is 9.59 Å². The first kappa shape index (κ1) is 13.3. The Morgan fingerprint density at radius 3 is 2.80 bits per heavy atom. The van der Waals surface area contributed by atoms with Crippen LogP contribution in [0.5, 0.6) is 0 Å². The molecule has 108 valence electrons. The van der Waals surface area contributed by atoms with Gasteiger partial charge in [0.15, 0.2) is 5.69 Å². The van der Waals surface area contributed by atoms with Gasteiger partial charge in [0.25, 0.3) is 5.91 Å². The summed E-state index contributed by atoms with van der Waals surface area (Å²) in [5.41, 5.74) is 0.408. The Kier molecular flexibility index (Phi) is 3.81. The summed E-state index contributed by atoms with van der Waals surface area (Å²) in [5.74, 6) is -0.0709. The number of aromatic nitrogens is 2. The van der Waals surface area contributed by atoms with E-state index in [1.807, 2.05) is 0 Å². The lowest BCUT2D eigenvalue weighted by Crippen LogP contribution is -2.51. The predicted molar refractivity (Wildman–Crippen MR) is 71.5 cm³/mol. The fraction of sp³-hybridized carbons (Fsp3) is 0.667. The van der Waals surface area contributed by atoms with Crippen LogP contribution >= 0.6 is 11.5 Å². The molecule has 0 bridgehead atoms. The van der Waals surface area contributed by atoms with Gasteiger partial charge in [-0.2, -0.15) is 0 Å². The summed E-state index contributed by atoms with van der Waals surface area (Å²) >= 11 is 1.18. The molecule has 3 rings (SSSR count). The van der Waals surface area contributed by atoms with Gasteiger partial charge in [-0.05, 0) is 30.8 Å². The van der Waals surface area contributed by atoms with Crippen molar-refractivity contribution in [1.29, 1.82) is 0 Å². The van der Waals surface area contributed by atoms with E-state index in [9.17, 15) is 9.59 Å². The van der Waals surface area contributed by atoms with Crippen molar-refractivity contribution in [2.45, 2.75) is 25.3 Å². The van der Waals surface area contributed by atoms with Gasteiger partial charge in [-0.3, -0.25) is 4.79 Å². The predicted octanol–water partition coefficient (Wildman–Crippen LogP) is 0.985. The van der Waals surface area contributed by atoms with Crippen LogP contribution in [0.4, 0.5) is 4.79 Å². The molecule has 0 spiro atoms. The van der Waals surface area contributed by atoms with Gasteiger partial charge in [0.2, 0.25) is 0 Å². The lowest BCUT2D eigenvalue weighted by molar-refractivity contribution is 0.0355. The summed E-state index contributed by atoms with van der Waals surface area (Å²) < 4.78 is 8.78. The van der Waals surface area contributed by atoms with Crippen molar-refractivity contribution in [1.82, 2.24) is 19.4 Å². The molecule has 2 aliphatic rings. The SMILES string of the molecule is O=C(c1csnn1)N1CCC(N2CCCOC2=O)CC1. The van der Waals surface area contributed by atoms with Crippen LogP contribution in [0.3, 0.4) is 0 Å². The fourth-order valence-electron chi connectivity index (χ4n) is 2.70. The number of ether oxygens (including phenoxy) is 1. The molecule has 3 heterocycles. The first-order valence-electron chi connectivity index (χ1n) is 6.75. The van der Waals surface area contributed by atoms with Crippen LogP contribution in [-0.2, 0) is 4.74 Å². The minimum absolute atomic E-state index is 0.0709. The molecule has 2 saturated heterocycles. The van der Waals surface area contributed by atoms with Crippen LogP contribution in [0.15, 0.2) is 5.38 Å². The third-order valence-corrected chi connectivity index (χ3v) is 4.28. The van der Waals surface area contributed by atoms with E-state index >= 15 is 0 Å². The Bertz CT molecular complexity index is 485. The number of nitrogens with zero attached hydrogens (tertiary/aromatic N) is 4. The fourth-order valence-corrected chi connectivity index (χ4v) is 3.13. The van der Waals surface area contributed by atoms with Crippen LogP contribution in [0.1, 0.15) is 29.8 Å². The van der Waals surface area contributed by atoms with Gasteiger partial charge in [-0.25, -0.2) is 4.79 Å². The van der Waals surface area contributed by atoms with E-state index in [-0.39, 0.29) is 18.0 Å². The number of carbonyl (C=O) groups excluding carboxylic acids is 2. The van der Waals surface area contributed by atoms with Gasteiger partial charge in [-0.1, -0.05) is 4.49 Å². The molecule has 2 aliphatic heterocycles. The van der Waals surface area contributed by atoms with Crippen LogP contribution in [-0.4, -0.2) is 63.7 Å². The molecule has 0 saturated carbocycles. The van der Waals surface area contributed by atoms with Crippen LogP contribution < -0.4 is 0 Å². The van der Waals surface area contributed by atoms with E-state index in [0.717, 1.165) is 25.8 Å². The summed E-state index contributed by atoms with van der Waals surface area (Å²) in [6.45, 7) is 2.56. The second-order valence-corrected chi connectivity index (χ2v) is 5.58. The number of amides is 2. The standard InChI is InChI=1S/C12H16N4O3S/c17-11(10-8-20-14-13-10)15-5-2-9(3-6-15)16-4-1-7-19-12(16)18/h8-9H,1-7H2. The van der Waals surface area contributed by atoms with E-state index in [0.29, 0.717) is 25.4 Å². The van der Waals surface area contributed by atoms with Crippen LogP contribution in [0.2, 0.25) is 0 Å². The largest absolute Gasteiger partial charge is 0.449 e. The molecule has 0 N–H and O–H groups in total. The Morgan fingerprint density at radius 2 is 2.15 bits per heavy atom. The van der Waals surface area contributed by atoms with E-state index < -0.39 is 0 Å². The molecule has 0 aromatic carbocycles. The van der Waals surface area contributed by atoms with Gasteiger partial charge in [0.05, 0.1) is 6.61 Å². The van der Waals surface area contributed by atoms with Crippen LogP contribution in [0.25, 0.3) is 0 Å². The average Bonchev–Trinajstić information content (AvgIpc) is 3.01. The molecule has 0 radical (unpaired) electrons. The maximum atomic E-state index is 12.1. The number of rotatable bonds is 2. The van der Waals surface area contributed by atoms with Crippen LogP contribution in [0, 0.1) is 0 Å². The van der Waals surface area contributed by atoms with Gasteiger partial charge in [0.1, 0.15) is 0 Å². The molecule has 0 atom stereocenters. The number of hydrogen-bond donors (Lipinski definition) is 0. The molecule has 7 nitrogen and oxygen atoms in total. The lowest BCUT2D eigenvalue weighted by atomic mass is 10.0. The number of hydrogen-bond acceptors (Lipinski definition) is 6. The lowest BCUT2D eigenvalue weighted by Gasteiger charge is -2.39. The van der Waals surface area contributed by atoms with E-state index in [1.54, 1.807) is 15.2 Å². The molecule has 8 heteroatoms. The van der Waals surface area contributed by atoms with Crippen molar-refractivity contribution in [2.75, 3.05) is 26.2 Å². The molecule has 20 heavy (non-hydrogen) atoms. The molecule has 1 aromatic rings. The zero-order valence-electron chi connectivity index (χ0n) is 11.0. The quantitative estimate of drug-likeness (QED) is 0.813. The van der Waals surface area contributed by atoms with Gasteiger partial charge in [0, 0.05) is 31.1 Å². The Balaban J connectivity index is 1.57. The monoisotopic (exact) mass is 296 g/mol. The minimum atomic E-state index is -0.218. The zero-order chi connectivity index (χ0) is 13.9. The highest BCUT2D eigenvalue weighted by molar-refractivity contribution is 7.03. The molecular weight excluding hydrogens is 280 g/mol. The Morgan fingerprint density at radius 1 is 1.35 bits per heavy atom. The zero-order valence-corrected chi connectivity index (χ0v) is 11.8. The number of cyclic esters (lactones) is 1. The summed E-state index contributed by atoms with van der Waals surface area (Å²) in [5, 5.41) is 5.47. The second kappa shape index (κ2) is 5.74. The van der Waals surface area contributed by atoms with Crippen molar-refractivity contribution in [3.63, 3.8) is 0 Å². The van der Waals surface area contributed by atoms with Gasteiger partial charge in [-0.15, -0.1) is 5.10 Å². The molecule has 1 aromatic heterocycles. The van der Waals surface area contributed by atoms with Crippen molar-refractivity contribution < 1.29 is 14.3 Å². The smallest absolute Gasteiger partial charge is 0.410 e. The third-order valence-electron chi connectivity index (χ3n) is 3.78. The minimum Gasteiger partial charge on any atom is -0.449 e. The van der Waals surface area contributed by atoms with E-state index in [1.165, 1.54) is 11.5 Å². The topological polar surface area (TPSA) is 75.6 Å². The van der Waals surface area contributed by atoms with Gasteiger partial charge < -0.3 is 14.5 Å². The first-order chi connectivity index (χ1) is 9.75. The maximum absolute atomic E-state index is 12.1. The number of piperidine rings is 1. The Labute approximate surface area is 120 Å². The number of likely N-dealkylation sites (tertiary alicyclic amines) is 1. The molecule has 2 fully saturated rings. The van der Waals surface area contributed by atoms with Crippen molar-refractivity contribution in [3.05, 3.63) is 11.1 Å². The summed E-state index contributed by atoms with van der Waals surface area (Å²) in [4.78, 5) is 27.4. The summed E-state index contributed by atoms with van der Waals surface area (Å²) in [7, 11) is 0. The normalized spacial score (nSPS) is 20.9. The summed E-state index contributed by atoms with van der Waals surface area (Å²) in [6.07, 6.45) is 2.25. The highest BCUT2D eigenvalue weighted by Crippen LogP contribution is 2.21. The maximum Gasteiger partial charge on any atom is 0.410 e. The van der Waals surface area contributed by atoms with E-state index in [4.69, 9.17) is 4.74 Å². The molecule has 2 amide bonds. The van der Waals surface area contributed by atoms with Crippen molar-refractivity contribution in [3.8, 4) is 0 Å². The second-order valence-electron chi connectivity index (χ2n) is 4.97. The average molecular weight is 296 g/mol. The molecular formula is C12H16N4O3S. The molecule has 0 unspecified atom stereocenters. The van der Waals surface area contributed by atoms with Gasteiger partial charge >= 0.3 is 6.09 Å².